The maximum atomic E-state index is 15.8. The second-order valence-corrected chi connectivity index (χ2v) is 22.1. The van der Waals surface area contributed by atoms with Gasteiger partial charge in [-0.25, -0.2) is 9.37 Å². The van der Waals surface area contributed by atoms with E-state index in [1.54, 1.807) is 13.1 Å². The molecule has 0 aliphatic carbocycles. The van der Waals surface area contributed by atoms with Gasteiger partial charge in [0.25, 0.3) is 5.91 Å². The average Bonchev–Trinajstić information content (AvgIpc) is 3.27. The van der Waals surface area contributed by atoms with Crippen LogP contribution >= 0.6 is 33.2 Å². The molecule has 5 rings (SSSR count). The number of H-pyrrole nitrogens is 1. The van der Waals surface area contributed by atoms with Gasteiger partial charge < -0.3 is 19.6 Å². The zero-order valence-electron chi connectivity index (χ0n) is 23.7. The highest BCUT2D eigenvalue weighted by molar-refractivity contribution is 14.8. The highest BCUT2D eigenvalue weighted by Crippen LogP contribution is 2.39. The third kappa shape index (κ3) is 7.79. The summed E-state index contributed by atoms with van der Waals surface area (Å²) < 4.78 is 63.6. The van der Waals surface area contributed by atoms with E-state index >= 15 is 4.39 Å². The summed E-state index contributed by atoms with van der Waals surface area (Å²) in [6, 6.07) is 3.30. The molecular formula is C29H31F4I2N5O3. The van der Waals surface area contributed by atoms with Crippen LogP contribution in [0.25, 0.3) is 5.57 Å². The summed E-state index contributed by atoms with van der Waals surface area (Å²) in [6.07, 6.45) is -0.0106. The van der Waals surface area contributed by atoms with E-state index in [-0.39, 0.29) is 38.9 Å². The maximum Gasteiger partial charge on any atom is 0.417 e. The number of oxazole rings is 1. The number of carbonyl (C=O) groups excluding carboxylic acids is 1. The van der Waals surface area contributed by atoms with Crippen molar-refractivity contribution >= 4 is 56.0 Å². The second-order valence-electron chi connectivity index (χ2n) is 10.6. The second kappa shape index (κ2) is 13.3. The minimum absolute atomic E-state index is 0.0369. The molecule has 8 nitrogen and oxygen atoms in total. The fraction of sp³-hybridized carbons (Fsp3) is 0.414. The first-order chi connectivity index (χ1) is 20.4. The van der Waals surface area contributed by atoms with Gasteiger partial charge in [0.2, 0.25) is 5.56 Å². The monoisotopic (exact) mass is 827 g/mol. The summed E-state index contributed by atoms with van der Waals surface area (Å²) in [7, 11) is 0. The lowest BCUT2D eigenvalue weighted by atomic mass is 9.97. The summed E-state index contributed by atoms with van der Waals surface area (Å²) in [5.74, 6) is -0.168. The Labute approximate surface area is 261 Å². The van der Waals surface area contributed by atoms with Crippen molar-refractivity contribution < 1.29 is 26.8 Å². The number of alkyl halides is 5. The van der Waals surface area contributed by atoms with Gasteiger partial charge in [-0.2, -0.15) is 13.2 Å². The minimum atomic E-state index is -4.91. The topological polar surface area (TPSA) is 94.5 Å². The first-order valence-electron chi connectivity index (χ1n) is 13.7. The van der Waals surface area contributed by atoms with E-state index in [0.717, 1.165) is 17.5 Å². The van der Waals surface area contributed by atoms with Gasteiger partial charge in [-0.15, -0.1) is 0 Å². The van der Waals surface area contributed by atoms with Crippen molar-refractivity contribution in [3.05, 3.63) is 81.2 Å². The van der Waals surface area contributed by atoms with Crippen LogP contribution in [0, 0.1) is 12.7 Å². The molecule has 2 atom stereocenters. The Balaban J connectivity index is 1.50. The number of hydrogen-bond acceptors (Lipinski definition) is 6. The molecule has 3 aromatic rings. The van der Waals surface area contributed by atoms with E-state index in [9.17, 15) is 22.8 Å². The van der Waals surface area contributed by atoms with Gasteiger partial charge in [-0.1, -0.05) is 53.1 Å². The zero-order valence-corrected chi connectivity index (χ0v) is 28.0. The number of benzene rings is 1. The van der Waals surface area contributed by atoms with Crippen LogP contribution in [0.15, 0.2) is 45.9 Å². The Hall–Kier alpha value is -2.47. The Kier molecular flexibility index (Phi) is 9.85. The van der Waals surface area contributed by atoms with Gasteiger partial charge in [0.1, 0.15) is 11.6 Å². The normalized spacial score (nSPS) is 20.1. The number of nitrogens with one attached hydrogen (secondary N) is 2. The Morgan fingerprint density at radius 1 is 1.19 bits per heavy atom. The molecule has 0 spiro atoms. The van der Waals surface area contributed by atoms with Crippen LogP contribution in [0.3, 0.4) is 0 Å². The van der Waals surface area contributed by atoms with Crippen LogP contribution in [-0.4, -0.2) is 54.8 Å². The highest BCUT2D eigenvalue weighted by Gasteiger charge is 2.36. The largest absolute Gasteiger partial charge is 0.445 e. The maximum absolute atomic E-state index is 15.8. The van der Waals surface area contributed by atoms with E-state index in [4.69, 9.17) is 4.42 Å². The molecule has 43 heavy (non-hydrogen) atoms. The third-order valence-corrected chi connectivity index (χ3v) is 22.4. The lowest BCUT2D eigenvalue weighted by molar-refractivity contribution is -0.138. The lowest BCUT2D eigenvalue weighted by Gasteiger charge is -2.30. The number of aromatic nitrogens is 2. The predicted octanol–water partition coefficient (Wildman–Crippen LogP) is 6.82. The van der Waals surface area contributed by atoms with Crippen molar-refractivity contribution in [2.24, 2.45) is 0 Å². The van der Waals surface area contributed by atoms with Gasteiger partial charge in [0.15, 0.2) is 5.89 Å². The summed E-state index contributed by atoms with van der Waals surface area (Å²) in [5.41, 5.74) is -1.29. The number of hydrogen-bond donors (Lipinski definition) is 2. The highest BCUT2D eigenvalue weighted by atomic mass is 128. The third-order valence-electron chi connectivity index (χ3n) is 7.11. The molecule has 2 aliphatic heterocycles. The molecule has 0 fully saturated rings. The Bertz CT molecular complexity index is 1620. The molecule has 4 heterocycles. The van der Waals surface area contributed by atoms with Crippen LogP contribution in [0.4, 0.5) is 28.9 Å². The van der Waals surface area contributed by atoms with E-state index < -0.39 is 34.6 Å². The van der Waals surface area contributed by atoms with Crippen LogP contribution < -0.4 is 15.8 Å². The first kappa shape index (κ1) is 31.9. The van der Waals surface area contributed by atoms with Crippen LogP contribution in [0.2, 0.25) is 0 Å². The standard InChI is InChI=1S/C29H31F4I2N5O3/c1-16-13-40(14-17(2)35-34-16)26-10-24(30)21(19-4-6-39(7-5-19)15-20-11-36-18(3)43-20)8-25(26)38-28(42)22-12-37-27(41)9-23(22)29(31,32)33/h4,8-12,16-17H,5-7,13-15H2,1-3H3,(H,37,41)(H,38,42)/t16-,17?/m1/s1. The van der Waals surface area contributed by atoms with Gasteiger partial charge in [0, 0.05) is 58.8 Å². The van der Waals surface area contributed by atoms with Gasteiger partial charge in [-0.3, -0.25) is 14.5 Å². The van der Waals surface area contributed by atoms with Crippen molar-refractivity contribution in [3.63, 3.8) is 0 Å². The molecule has 0 saturated heterocycles. The number of nitrogens with zero attached hydrogens (tertiary/aromatic N) is 3. The number of aromatic amines is 1. The molecule has 232 valence electrons. The summed E-state index contributed by atoms with van der Waals surface area (Å²) in [6.45, 7) is 9.23. The number of pyridine rings is 1. The fourth-order valence-corrected chi connectivity index (χ4v) is 15.5. The van der Waals surface area contributed by atoms with Gasteiger partial charge >= 0.3 is 6.18 Å². The van der Waals surface area contributed by atoms with E-state index in [0.29, 0.717) is 70.2 Å². The Morgan fingerprint density at radius 3 is 2.51 bits per heavy atom. The predicted molar refractivity (Wildman–Crippen MR) is 175 cm³/mol. The number of carbonyl (C=O) groups is 1. The number of amides is 1. The summed E-state index contributed by atoms with van der Waals surface area (Å²) >= 11 is 0.0738. The van der Waals surface area contributed by atoms with Crippen LogP contribution in [0.1, 0.15) is 53.4 Å². The smallest absolute Gasteiger partial charge is 0.417 e. The van der Waals surface area contributed by atoms with Crippen molar-refractivity contribution in [2.75, 3.05) is 36.4 Å². The zero-order chi connectivity index (χ0) is 30.9. The number of rotatable bonds is 6. The van der Waals surface area contributed by atoms with Crippen molar-refractivity contribution in [1.82, 2.24) is 14.9 Å². The number of halogens is 6. The molecule has 2 N–H and O–H groups in total. The van der Waals surface area contributed by atoms with Gasteiger partial charge in [-0.05, 0) is 24.1 Å². The molecular weight excluding hydrogens is 796 g/mol. The molecule has 2 aliphatic rings. The quantitative estimate of drug-likeness (QED) is 0.161. The fourth-order valence-electron chi connectivity index (χ4n) is 5.15. The molecule has 14 heteroatoms. The molecule has 1 unspecified atom stereocenters. The minimum Gasteiger partial charge on any atom is -0.445 e. The summed E-state index contributed by atoms with van der Waals surface area (Å²) in [4.78, 5) is 35.5. The molecule has 1 aromatic carbocycles. The summed E-state index contributed by atoms with van der Waals surface area (Å²) in [5, 5.41) is 2.65. The number of anilines is 2. The van der Waals surface area contributed by atoms with Crippen molar-refractivity contribution in [3.8, 4) is 0 Å². The van der Waals surface area contributed by atoms with Crippen molar-refractivity contribution in [1.29, 1.82) is 0 Å². The molecule has 0 bridgehead atoms. The van der Waals surface area contributed by atoms with Crippen LogP contribution in [-0.2, 0) is 12.7 Å². The lowest BCUT2D eigenvalue weighted by Crippen LogP contribution is -2.33. The van der Waals surface area contributed by atoms with E-state index in [1.807, 2.05) is 6.08 Å². The molecule has 1 amide bonds. The molecule has 2 aromatic heterocycles. The first-order valence-corrected chi connectivity index (χ1v) is 22.4. The van der Waals surface area contributed by atoms with Gasteiger partial charge in [0.05, 0.1) is 35.2 Å². The SMILES string of the molecule is Cc1ncc(CN2CC=C(c3cc(NC(=O)c4c[nH]c(=O)cc4C(F)(F)F)c(N4CC(C)I=I[C@H](C)C4)cc3F)CC2)o1. The Morgan fingerprint density at radius 2 is 1.91 bits per heavy atom. The van der Waals surface area contributed by atoms with Crippen molar-refractivity contribution in [2.45, 2.75) is 47.8 Å². The number of aryl methyl sites for hydroxylation is 1. The van der Waals surface area contributed by atoms with E-state index in [1.165, 1.54) is 12.1 Å². The average molecular weight is 827 g/mol. The molecule has 0 radical (unpaired) electrons. The molecule has 0 saturated carbocycles. The van der Waals surface area contributed by atoms with Crippen LogP contribution in [0.5, 0.6) is 0 Å². The van der Waals surface area contributed by atoms with E-state index in [2.05, 4.69) is 38.9 Å².